The van der Waals surface area contributed by atoms with E-state index in [2.05, 4.69) is 46.0 Å². The van der Waals surface area contributed by atoms with Gasteiger partial charge in [-0.05, 0) is 30.7 Å². The zero-order valence-corrected chi connectivity index (χ0v) is 13.7. The number of para-hydroxylation sites is 1. The van der Waals surface area contributed by atoms with Gasteiger partial charge in [0.25, 0.3) is 0 Å². The van der Waals surface area contributed by atoms with Crippen molar-refractivity contribution < 1.29 is 4.52 Å². The van der Waals surface area contributed by atoms with E-state index >= 15 is 0 Å². The average molecular weight is 310 g/mol. The maximum atomic E-state index is 5.26. The van der Waals surface area contributed by atoms with Crippen LogP contribution in [0.3, 0.4) is 0 Å². The van der Waals surface area contributed by atoms with Crippen molar-refractivity contribution in [2.45, 2.75) is 39.8 Å². The first kappa shape index (κ1) is 15.6. The number of benzene rings is 1. The predicted molar refractivity (Wildman–Crippen MR) is 89.8 cm³/mol. The van der Waals surface area contributed by atoms with Crippen molar-refractivity contribution in [1.29, 1.82) is 0 Å². The molecule has 0 bridgehead atoms. The average Bonchev–Trinajstić information content (AvgIpc) is 3.01. The number of fused-ring (bicyclic) bond motifs is 1. The van der Waals surface area contributed by atoms with Gasteiger partial charge < -0.3 is 4.52 Å². The van der Waals surface area contributed by atoms with E-state index in [1.807, 2.05) is 24.4 Å². The van der Waals surface area contributed by atoms with Crippen LogP contribution in [-0.4, -0.2) is 26.6 Å². The van der Waals surface area contributed by atoms with Crippen LogP contribution in [0.15, 0.2) is 41.1 Å². The summed E-state index contributed by atoms with van der Waals surface area (Å²) in [6.45, 7) is 6.68. The highest BCUT2D eigenvalue weighted by atomic mass is 16.5. The molecule has 3 rings (SSSR count). The van der Waals surface area contributed by atoms with Crippen molar-refractivity contribution in [2.75, 3.05) is 6.54 Å². The third kappa shape index (κ3) is 3.93. The maximum absolute atomic E-state index is 5.26. The lowest BCUT2D eigenvalue weighted by Gasteiger charge is -2.18. The molecule has 0 aliphatic carbocycles. The SMILES string of the molecule is CCCc1nc(CN(CC)Cc2cnc3ccccc3c2)no1. The molecule has 2 aromatic heterocycles. The Bertz CT molecular complexity index is 768. The zero-order valence-electron chi connectivity index (χ0n) is 13.7. The summed E-state index contributed by atoms with van der Waals surface area (Å²) in [7, 11) is 0. The van der Waals surface area contributed by atoms with Crippen LogP contribution in [0, 0.1) is 0 Å². The van der Waals surface area contributed by atoms with E-state index < -0.39 is 0 Å². The van der Waals surface area contributed by atoms with E-state index in [0.717, 1.165) is 43.2 Å². The Morgan fingerprint density at radius 3 is 2.83 bits per heavy atom. The quantitative estimate of drug-likeness (QED) is 0.667. The first-order valence-electron chi connectivity index (χ1n) is 8.16. The summed E-state index contributed by atoms with van der Waals surface area (Å²) >= 11 is 0. The van der Waals surface area contributed by atoms with Gasteiger partial charge in [0.15, 0.2) is 5.82 Å². The van der Waals surface area contributed by atoms with E-state index in [9.17, 15) is 0 Å². The van der Waals surface area contributed by atoms with E-state index in [4.69, 9.17) is 4.52 Å². The minimum atomic E-state index is 0.691. The summed E-state index contributed by atoms with van der Waals surface area (Å²) in [4.78, 5) is 11.3. The van der Waals surface area contributed by atoms with Crippen LogP contribution in [0.25, 0.3) is 10.9 Å². The molecule has 5 heteroatoms. The molecule has 0 unspecified atom stereocenters. The fourth-order valence-electron chi connectivity index (χ4n) is 2.61. The summed E-state index contributed by atoms with van der Waals surface area (Å²) < 4.78 is 5.26. The van der Waals surface area contributed by atoms with Gasteiger partial charge in [-0.2, -0.15) is 4.98 Å². The van der Waals surface area contributed by atoms with Crippen molar-refractivity contribution in [1.82, 2.24) is 20.0 Å². The Kier molecular flexibility index (Phi) is 4.98. The third-order valence-electron chi connectivity index (χ3n) is 3.84. The maximum Gasteiger partial charge on any atom is 0.226 e. The lowest BCUT2D eigenvalue weighted by Crippen LogP contribution is -2.23. The Labute approximate surface area is 136 Å². The molecule has 3 aromatic rings. The van der Waals surface area contributed by atoms with Gasteiger partial charge in [-0.1, -0.05) is 37.2 Å². The molecule has 0 amide bonds. The topological polar surface area (TPSA) is 55.1 Å². The summed E-state index contributed by atoms with van der Waals surface area (Å²) in [5.74, 6) is 1.48. The number of hydrogen-bond donors (Lipinski definition) is 0. The zero-order chi connectivity index (χ0) is 16.1. The molecule has 1 aromatic carbocycles. The Hall–Kier alpha value is -2.27. The van der Waals surface area contributed by atoms with Crippen molar-refractivity contribution >= 4 is 10.9 Å². The van der Waals surface area contributed by atoms with E-state index in [-0.39, 0.29) is 0 Å². The third-order valence-corrected chi connectivity index (χ3v) is 3.84. The molecule has 0 N–H and O–H groups in total. The van der Waals surface area contributed by atoms with Gasteiger partial charge in [0.2, 0.25) is 5.89 Å². The summed E-state index contributed by atoms with van der Waals surface area (Å²) in [5.41, 5.74) is 2.23. The van der Waals surface area contributed by atoms with Gasteiger partial charge in [0.1, 0.15) is 0 Å². The van der Waals surface area contributed by atoms with E-state index in [1.165, 1.54) is 10.9 Å². The highest BCUT2D eigenvalue weighted by Gasteiger charge is 2.11. The molecule has 0 aliphatic heterocycles. The smallest absolute Gasteiger partial charge is 0.226 e. The first-order valence-corrected chi connectivity index (χ1v) is 8.16. The van der Waals surface area contributed by atoms with Crippen LogP contribution in [0.2, 0.25) is 0 Å². The van der Waals surface area contributed by atoms with Gasteiger partial charge in [0.05, 0.1) is 12.1 Å². The number of hydrogen-bond acceptors (Lipinski definition) is 5. The highest BCUT2D eigenvalue weighted by molar-refractivity contribution is 5.78. The monoisotopic (exact) mass is 310 g/mol. The predicted octanol–water partition coefficient (Wildman–Crippen LogP) is 3.59. The number of nitrogens with zero attached hydrogens (tertiary/aromatic N) is 4. The molecular weight excluding hydrogens is 288 g/mol. The van der Waals surface area contributed by atoms with Gasteiger partial charge >= 0.3 is 0 Å². The standard InChI is InChI=1S/C18H22N4O/c1-3-7-18-20-17(21-23-18)13-22(4-2)12-14-10-15-8-5-6-9-16(15)19-11-14/h5-6,8-11H,3-4,7,12-13H2,1-2H3. The minimum absolute atomic E-state index is 0.691. The molecule has 23 heavy (non-hydrogen) atoms. The lowest BCUT2D eigenvalue weighted by atomic mass is 10.1. The summed E-state index contributed by atoms with van der Waals surface area (Å²) in [6.07, 6.45) is 3.80. The van der Waals surface area contributed by atoms with Crippen LogP contribution >= 0.6 is 0 Å². The Morgan fingerprint density at radius 1 is 1.13 bits per heavy atom. The summed E-state index contributed by atoms with van der Waals surface area (Å²) in [6, 6.07) is 10.4. The second kappa shape index (κ2) is 7.33. The Balaban J connectivity index is 1.69. The van der Waals surface area contributed by atoms with Crippen LogP contribution in [0.5, 0.6) is 0 Å². The van der Waals surface area contributed by atoms with Crippen molar-refractivity contribution in [3.05, 3.63) is 53.8 Å². The molecule has 0 aliphatic rings. The molecule has 5 nitrogen and oxygen atoms in total. The van der Waals surface area contributed by atoms with Gasteiger partial charge in [0, 0.05) is 24.5 Å². The minimum Gasteiger partial charge on any atom is -0.339 e. The van der Waals surface area contributed by atoms with Crippen molar-refractivity contribution in [2.24, 2.45) is 0 Å². The highest BCUT2D eigenvalue weighted by Crippen LogP contribution is 2.15. The molecule has 0 saturated carbocycles. The second-order valence-corrected chi connectivity index (χ2v) is 5.69. The molecule has 0 spiro atoms. The number of rotatable bonds is 7. The molecule has 0 saturated heterocycles. The fourth-order valence-corrected chi connectivity index (χ4v) is 2.61. The largest absolute Gasteiger partial charge is 0.339 e. The second-order valence-electron chi connectivity index (χ2n) is 5.69. The molecule has 120 valence electrons. The summed E-state index contributed by atoms with van der Waals surface area (Å²) in [5, 5.41) is 5.24. The molecule has 0 fully saturated rings. The van der Waals surface area contributed by atoms with Gasteiger partial charge in [-0.3, -0.25) is 9.88 Å². The number of aryl methyl sites for hydroxylation is 1. The molecule has 0 radical (unpaired) electrons. The number of pyridine rings is 1. The normalized spacial score (nSPS) is 11.4. The van der Waals surface area contributed by atoms with Crippen LogP contribution < -0.4 is 0 Å². The fraction of sp³-hybridized carbons (Fsp3) is 0.389. The molecule has 0 atom stereocenters. The van der Waals surface area contributed by atoms with Crippen LogP contribution in [-0.2, 0) is 19.5 Å². The van der Waals surface area contributed by atoms with Crippen molar-refractivity contribution in [3.63, 3.8) is 0 Å². The first-order chi connectivity index (χ1) is 11.3. The molecular formula is C18H22N4O. The Morgan fingerprint density at radius 2 is 2.00 bits per heavy atom. The van der Waals surface area contributed by atoms with Crippen molar-refractivity contribution in [3.8, 4) is 0 Å². The lowest BCUT2D eigenvalue weighted by molar-refractivity contribution is 0.258. The van der Waals surface area contributed by atoms with E-state index in [1.54, 1.807) is 0 Å². The van der Waals surface area contributed by atoms with E-state index in [0.29, 0.717) is 6.54 Å². The van der Waals surface area contributed by atoms with Gasteiger partial charge in [-0.25, -0.2) is 0 Å². The van der Waals surface area contributed by atoms with Crippen LogP contribution in [0.1, 0.15) is 37.5 Å². The van der Waals surface area contributed by atoms with Crippen LogP contribution in [0.4, 0.5) is 0 Å². The van der Waals surface area contributed by atoms with Gasteiger partial charge in [-0.15, -0.1) is 0 Å². The number of aromatic nitrogens is 3. The molecule has 2 heterocycles.